The monoisotopic (exact) mass is 269 g/mol. The van der Waals surface area contributed by atoms with Crippen LogP contribution in [0.5, 0.6) is 0 Å². The molecule has 1 saturated heterocycles. The van der Waals surface area contributed by atoms with Gasteiger partial charge in [0.2, 0.25) is 0 Å². The Bertz CT molecular complexity index is 547. The van der Waals surface area contributed by atoms with E-state index in [4.69, 9.17) is 0 Å². The molecule has 0 spiro atoms. The van der Waals surface area contributed by atoms with Gasteiger partial charge in [-0.2, -0.15) is 0 Å². The zero-order valence-electron chi connectivity index (χ0n) is 12.0. The highest BCUT2D eigenvalue weighted by Crippen LogP contribution is 2.27. The van der Waals surface area contributed by atoms with E-state index in [0.29, 0.717) is 5.92 Å². The molecule has 1 fully saturated rings. The molecule has 3 rings (SSSR count). The average molecular weight is 269 g/mol. The molecule has 0 radical (unpaired) electrons. The molecule has 1 unspecified atom stereocenters. The van der Waals surface area contributed by atoms with E-state index < -0.39 is 0 Å². The summed E-state index contributed by atoms with van der Waals surface area (Å²) in [7, 11) is 0. The largest absolute Gasteiger partial charge is 0.356 e. The summed E-state index contributed by atoms with van der Waals surface area (Å²) < 4.78 is 0. The van der Waals surface area contributed by atoms with Crippen molar-refractivity contribution in [3.8, 4) is 0 Å². The van der Waals surface area contributed by atoms with Crippen molar-refractivity contribution in [1.82, 2.24) is 19.9 Å². The van der Waals surface area contributed by atoms with Crippen LogP contribution in [-0.2, 0) is 0 Å². The summed E-state index contributed by atoms with van der Waals surface area (Å²) in [5.41, 5.74) is 2.08. The lowest BCUT2D eigenvalue weighted by molar-refractivity contribution is 0.496. The van der Waals surface area contributed by atoms with Crippen molar-refractivity contribution < 1.29 is 0 Å². The Balaban J connectivity index is 1.80. The minimum Gasteiger partial charge on any atom is -0.356 e. The molecule has 0 N–H and O–H groups in total. The molecule has 104 valence electrons. The number of hydrogen-bond acceptors (Lipinski definition) is 5. The van der Waals surface area contributed by atoms with Gasteiger partial charge in [0, 0.05) is 37.6 Å². The number of piperidine rings is 1. The van der Waals surface area contributed by atoms with Gasteiger partial charge in [0.1, 0.15) is 11.6 Å². The minimum absolute atomic E-state index is 0.437. The van der Waals surface area contributed by atoms with Gasteiger partial charge in [0.15, 0.2) is 0 Å². The maximum Gasteiger partial charge on any atom is 0.132 e. The molecule has 0 saturated carbocycles. The molecule has 20 heavy (non-hydrogen) atoms. The number of aryl methyl sites for hydroxylation is 2. The third kappa shape index (κ3) is 2.76. The van der Waals surface area contributed by atoms with Gasteiger partial charge < -0.3 is 4.90 Å². The van der Waals surface area contributed by atoms with Gasteiger partial charge in [-0.1, -0.05) is 0 Å². The highest BCUT2D eigenvalue weighted by molar-refractivity contribution is 5.39. The molecule has 1 aliphatic rings. The second-order valence-corrected chi connectivity index (χ2v) is 5.33. The Morgan fingerprint density at radius 3 is 2.90 bits per heavy atom. The first-order valence-electron chi connectivity index (χ1n) is 7.05. The highest BCUT2D eigenvalue weighted by atomic mass is 15.2. The standard InChI is InChI=1S/C15H19N5/c1-11-8-16-9-14(18-11)13-4-3-7-20(10-13)15-5-6-17-12(2)19-15/h5-6,8-9,13H,3-4,7,10H2,1-2H3. The first kappa shape index (κ1) is 13.0. The van der Waals surface area contributed by atoms with Crippen LogP contribution < -0.4 is 4.90 Å². The van der Waals surface area contributed by atoms with Gasteiger partial charge in [0.25, 0.3) is 0 Å². The van der Waals surface area contributed by atoms with Crippen molar-refractivity contribution in [3.63, 3.8) is 0 Å². The van der Waals surface area contributed by atoms with Crippen LogP contribution in [-0.4, -0.2) is 33.0 Å². The van der Waals surface area contributed by atoms with Gasteiger partial charge in [-0.25, -0.2) is 9.97 Å². The number of rotatable bonds is 2. The zero-order valence-corrected chi connectivity index (χ0v) is 12.0. The normalized spacial score (nSPS) is 19.1. The summed E-state index contributed by atoms with van der Waals surface area (Å²) in [5.74, 6) is 2.27. The Kier molecular flexibility index (Phi) is 3.58. The van der Waals surface area contributed by atoms with E-state index in [-0.39, 0.29) is 0 Å². The van der Waals surface area contributed by atoms with Crippen molar-refractivity contribution in [2.75, 3.05) is 18.0 Å². The lowest BCUT2D eigenvalue weighted by Gasteiger charge is -2.33. The first-order chi connectivity index (χ1) is 9.72. The number of hydrogen-bond donors (Lipinski definition) is 0. The molecule has 2 aromatic heterocycles. The summed E-state index contributed by atoms with van der Waals surface area (Å²) >= 11 is 0. The molecule has 0 bridgehead atoms. The molecule has 0 aromatic carbocycles. The zero-order chi connectivity index (χ0) is 13.9. The topological polar surface area (TPSA) is 54.8 Å². The Hall–Kier alpha value is -2.04. The Labute approximate surface area is 119 Å². The first-order valence-corrected chi connectivity index (χ1v) is 7.05. The molecule has 2 aromatic rings. The molecule has 0 aliphatic carbocycles. The van der Waals surface area contributed by atoms with Crippen LogP contribution >= 0.6 is 0 Å². The van der Waals surface area contributed by atoms with Crippen molar-refractivity contribution in [3.05, 3.63) is 41.9 Å². The number of aromatic nitrogens is 4. The maximum absolute atomic E-state index is 4.62. The summed E-state index contributed by atoms with van der Waals surface area (Å²) in [4.78, 5) is 19.9. The lowest BCUT2D eigenvalue weighted by atomic mass is 9.95. The summed E-state index contributed by atoms with van der Waals surface area (Å²) in [6.07, 6.45) is 7.85. The van der Waals surface area contributed by atoms with E-state index in [0.717, 1.165) is 42.5 Å². The fraction of sp³-hybridized carbons (Fsp3) is 0.467. The second-order valence-electron chi connectivity index (χ2n) is 5.33. The predicted octanol–water partition coefficient (Wildman–Crippen LogP) is 2.27. The van der Waals surface area contributed by atoms with Crippen molar-refractivity contribution >= 4 is 5.82 Å². The summed E-state index contributed by atoms with van der Waals surface area (Å²) in [6, 6.07) is 1.98. The van der Waals surface area contributed by atoms with Crippen molar-refractivity contribution in [2.24, 2.45) is 0 Å². The summed E-state index contributed by atoms with van der Waals surface area (Å²) in [5, 5.41) is 0. The fourth-order valence-corrected chi connectivity index (χ4v) is 2.73. The van der Waals surface area contributed by atoms with Crippen LogP contribution in [0.2, 0.25) is 0 Å². The van der Waals surface area contributed by atoms with Crippen molar-refractivity contribution in [2.45, 2.75) is 32.6 Å². The van der Waals surface area contributed by atoms with Crippen LogP contribution in [0, 0.1) is 13.8 Å². The molecule has 5 heteroatoms. The second kappa shape index (κ2) is 5.53. The van der Waals surface area contributed by atoms with E-state index >= 15 is 0 Å². The van der Waals surface area contributed by atoms with E-state index in [1.54, 1.807) is 6.20 Å². The molecule has 1 atom stereocenters. The van der Waals surface area contributed by atoms with Crippen molar-refractivity contribution in [1.29, 1.82) is 0 Å². The third-order valence-corrected chi connectivity index (χ3v) is 3.70. The van der Waals surface area contributed by atoms with Crippen LogP contribution in [0.1, 0.15) is 36.0 Å². The smallest absolute Gasteiger partial charge is 0.132 e. The van der Waals surface area contributed by atoms with Crippen LogP contribution in [0.3, 0.4) is 0 Å². The predicted molar refractivity (Wildman–Crippen MR) is 77.7 cm³/mol. The van der Waals surface area contributed by atoms with Crippen LogP contribution in [0.15, 0.2) is 24.7 Å². The molecule has 3 heterocycles. The van der Waals surface area contributed by atoms with Gasteiger partial charge in [-0.3, -0.25) is 9.97 Å². The van der Waals surface area contributed by atoms with Gasteiger partial charge in [-0.05, 0) is 32.8 Å². The lowest BCUT2D eigenvalue weighted by Crippen LogP contribution is -2.35. The van der Waals surface area contributed by atoms with Crippen LogP contribution in [0.4, 0.5) is 5.82 Å². The SMILES string of the molecule is Cc1cncc(C2CCCN(c3ccnc(C)n3)C2)n1. The number of anilines is 1. The molecule has 0 amide bonds. The summed E-state index contributed by atoms with van der Waals surface area (Å²) in [6.45, 7) is 5.92. The maximum atomic E-state index is 4.62. The molecule has 5 nitrogen and oxygen atoms in total. The van der Waals surface area contributed by atoms with E-state index in [2.05, 4.69) is 24.8 Å². The van der Waals surface area contributed by atoms with Gasteiger partial charge >= 0.3 is 0 Å². The highest BCUT2D eigenvalue weighted by Gasteiger charge is 2.23. The number of nitrogens with zero attached hydrogens (tertiary/aromatic N) is 5. The van der Waals surface area contributed by atoms with E-state index in [9.17, 15) is 0 Å². The quantitative estimate of drug-likeness (QED) is 0.837. The average Bonchev–Trinajstić information content (AvgIpc) is 2.47. The van der Waals surface area contributed by atoms with E-state index in [1.165, 1.54) is 6.42 Å². The van der Waals surface area contributed by atoms with E-state index in [1.807, 2.05) is 32.3 Å². The van der Waals surface area contributed by atoms with Gasteiger partial charge in [0.05, 0.1) is 11.4 Å². The fourth-order valence-electron chi connectivity index (χ4n) is 2.73. The van der Waals surface area contributed by atoms with Crippen LogP contribution in [0.25, 0.3) is 0 Å². The van der Waals surface area contributed by atoms with Gasteiger partial charge in [-0.15, -0.1) is 0 Å². The molecular weight excluding hydrogens is 250 g/mol. The minimum atomic E-state index is 0.437. The molecular formula is C15H19N5. The Morgan fingerprint density at radius 1 is 1.20 bits per heavy atom. The Morgan fingerprint density at radius 2 is 2.10 bits per heavy atom. The molecule has 1 aliphatic heterocycles. The third-order valence-electron chi connectivity index (χ3n) is 3.70.